The van der Waals surface area contributed by atoms with Crippen molar-refractivity contribution in [3.8, 4) is 0 Å². The molecule has 10 heavy (non-hydrogen) atoms. The number of nitrogens with two attached hydrogens (primary N) is 1. The molecule has 0 heterocycles. The summed E-state index contributed by atoms with van der Waals surface area (Å²) < 4.78 is 2.84. The zero-order valence-electron chi connectivity index (χ0n) is 4.87. The van der Waals surface area contributed by atoms with Gasteiger partial charge in [0.25, 0.3) is 0 Å². The number of hydrogen-bond acceptors (Lipinski definition) is 1. The van der Waals surface area contributed by atoms with Crippen LogP contribution in [0.4, 0.5) is 5.69 Å². The lowest BCUT2D eigenvalue weighted by Gasteiger charge is -2.01. The summed E-state index contributed by atoms with van der Waals surface area (Å²) in [4.78, 5) is 0. The lowest BCUT2D eigenvalue weighted by atomic mass is 10.3. The minimum atomic E-state index is 0.732. The van der Waals surface area contributed by atoms with E-state index in [9.17, 15) is 0 Å². The predicted octanol–water partition coefficient (Wildman–Crippen LogP) is 3.56. The minimum Gasteiger partial charge on any atom is -0.398 e. The molecule has 2 N–H and O–H groups in total. The first-order valence-corrected chi connectivity index (χ1v) is 4.90. The van der Waals surface area contributed by atoms with E-state index in [-0.39, 0.29) is 0 Å². The number of nitrogen functional groups attached to an aromatic ring is 1. The van der Waals surface area contributed by atoms with Crippen molar-refractivity contribution >= 4 is 53.5 Å². The molecule has 0 atom stereocenters. The van der Waals surface area contributed by atoms with Crippen LogP contribution >= 0.6 is 47.8 Å². The minimum absolute atomic E-state index is 0.732. The normalized spacial score (nSPS) is 9.90. The molecular formula is C6H4Br3N. The van der Waals surface area contributed by atoms with Crippen molar-refractivity contribution in [3.05, 3.63) is 25.6 Å². The van der Waals surface area contributed by atoms with Gasteiger partial charge in [0.05, 0.1) is 4.47 Å². The molecule has 1 nitrogen and oxygen atoms in total. The molecule has 0 saturated heterocycles. The summed E-state index contributed by atoms with van der Waals surface area (Å²) in [6.07, 6.45) is 0. The Balaban J connectivity index is 3.34. The van der Waals surface area contributed by atoms with Crippen LogP contribution in [-0.2, 0) is 0 Å². The van der Waals surface area contributed by atoms with Gasteiger partial charge in [0, 0.05) is 14.6 Å². The number of anilines is 1. The molecule has 1 aromatic carbocycles. The van der Waals surface area contributed by atoms with E-state index in [0.717, 1.165) is 19.1 Å². The van der Waals surface area contributed by atoms with Gasteiger partial charge in [-0.25, -0.2) is 0 Å². The van der Waals surface area contributed by atoms with Gasteiger partial charge in [-0.2, -0.15) is 0 Å². The second-order valence-electron chi connectivity index (χ2n) is 1.76. The van der Waals surface area contributed by atoms with Crippen LogP contribution in [0.15, 0.2) is 25.6 Å². The average Bonchev–Trinajstić information content (AvgIpc) is 1.93. The molecule has 0 unspecified atom stereocenters. The average molecular weight is 330 g/mol. The first-order chi connectivity index (χ1) is 4.63. The fraction of sp³-hybridized carbons (Fsp3) is 0. The zero-order valence-corrected chi connectivity index (χ0v) is 9.62. The van der Waals surface area contributed by atoms with Gasteiger partial charge in [0.2, 0.25) is 0 Å². The van der Waals surface area contributed by atoms with Crippen LogP contribution < -0.4 is 5.73 Å². The Morgan fingerprint density at radius 3 is 2.10 bits per heavy atom. The van der Waals surface area contributed by atoms with Crippen molar-refractivity contribution in [1.29, 1.82) is 0 Å². The lowest BCUT2D eigenvalue weighted by molar-refractivity contribution is 1.53. The molecule has 4 heteroatoms. The summed E-state index contributed by atoms with van der Waals surface area (Å²) in [6, 6.07) is 3.73. The van der Waals surface area contributed by atoms with E-state index in [1.54, 1.807) is 0 Å². The number of rotatable bonds is 0. The van der Waals surface area contributed by atoms with E-state index in [0.29, 0.717) is 0 Å². The van der Waals surface area contributed by atoms with E-state index in [2.05, 4.69) is 47.8 Å². The monoisotopic (exact) mass is 327 g/mol. The third-order valence-corrected chi connectivity index (χ3v) is 4.47. The molecule has 0 aliphatic carbocycles. The standard InChI is InChI=1S/C6H4Br3N/c7-3-1-2-4(10)6(9)5(3)8/h1-2H,10H2. The van der Waals surface area contributed by atoms with Crippen molar-refractivity contribution in [1.82, 2.24) is 0 Å². The molecule has 0 radical (unpaired) electrons. The third-order valence-electron chi connectivity index (χ3n) is 1.07. The van der Waals surface area contributed by atoms with Crippen LogP contribution in [0, 0.1) is 0 Å². The predicted molar refractivity (Wildman–Crippen MR) is 54.0 cm³/mol. The van der Waals surface area contributed by atoms with E-state index >= 15 is 0 Å². The first kappa shape index (κ1) is 8.56. The van der Waals surface area contributed by atoms with Gasteiger partial charge in [0.15, 0.2) is 0 Å². The van der Waals surface area contributed by atoms with Gasteiger partial charge in [-0.1, -0.05) is 0 Å². The summed E-state index contributed by atoms with van der Waals surface area (Å²) >= 11 is 10.0. The Morgan fingerprint density at radius 1 is 1.00 bits per heavy atom. The molecular weight excluding hydrogens is 326 g/mol. The Kier molecular flexibility index (Phi) is 2.77. The number of benzene rings is 1. The highest BCUT2D eigenvalue weighted by Crippen LogP contribution is 2.34. The van der Waals surface area contributed by atoms with Crippen molar-refractivity contribution < 1.29 is 0 Å². The molecule has 0 aromatic heterocycles. The van der Waals surface area contributed by atoms with Gasteiger partial charge in [0.1, 0.15) is 0 Å². The summed E-state index contributed by atoms with van der Waals surface area (Å²) in [5.74, 6) is 0. The maximum absolute atomic E-state index is 5.59. The number of halogens is 3. The molecule has 0 spiro atoms. The van der Waals surface area contributed by atoms with Gasteiger partial charge in [-0.05, 0) is 59.9 Å². The Bertz CT molecular complexity index is 232. The van der Waals surface area contributed by atoms with Gasteiger partial charge in [-0.3, -0.25) is 0 Å². The largest absolute Gasteiger partial charge is 0.398 e. The quantitative estimate of drug-likeness (QED) is 0.571. The van der Waals surface area contributed by atoms with Crippen molar-refractivity contribution in [2.24, 2.45) is 0 Å². The Morgan fingerprint density at radius 2 is 1.60 bits per heavy atom. The van der Waals surface area contributed by atoms with Crippen molar-refractivity contribution in [3.63, 3.8) is 0 Å². The molecule has 0 aliphatic rings. The maximum Gasteiger partial charge on any atom is 0.0558 e. The molecule has 1 rings (SSSR count). The summed E-state index contributed by atoms with van der Waals surface area (Å²) in [5, 5.41) is 0. The lowest BCUT2D eigenvalue weighted by Crippen LogP contribution is -1.86. The number of hydrogen-bond donors (Lipinski definition) is 1. The van der Waals surface area contributed by atoms with Gasteiger partial charge in [-0.15, -0.1) is 0 Å². The summed E-state index contributed by atoms with van der Waals surface area (Å²) in [5.41, 5.74) is 6.32. The van der Waals surface area contributed by atoms with Crippen LogP contribution in [0.1, 0.15) is 0 Å². The van der Waals surface area contributed by atoms with Crippen LogP contribution in [0.5, 0.6) is 0 Å². The Hall–Kier alpha value is 0.460. The van der Waals surface area contributed by atoms with Gasteiger partial charge >= 0.3 is 0 Å². The molecule has 0 bridgehead atoms. The van der Waals surface area contributed by atoms with Gasteiger partial charge < -0.3 is 5.73 Å². The molecule has 0 fully saturated rings. The zero-order chi connectivity index (χ0) is 7.72. The third kappa shape index (κ3) is 1.54. The first-order valence-electron chi connectivity index (χ1n) is 2.52. The van der Waals surface area contributed by atoms with Crippen LogP contribution in [-0.4, -0.2) is 0 Å². The van der Waals surface area contributed by atoms with Crippen LogP contribution in [0.3, 0.4) is 0 Å². The second kappa shape index (κ2) is 3.24. The second-order valence-corrected chi connectivity index (χ2v) is 4.20. The summed E-state index contributed by atoms with van der Waals surface area (Å²) in [7, 11) is 0. The van der Waals surface area contributed by atoms with Crippen molar-refractivity contribution in [2.45, 2.75) is 0 Å². The van der Waals surface area contributed by atoms with E-state index in [1.165, 1.54) is 0 Å². The van der Waals surface area contributed by atoms with E-state index in [1.807, 2.05) is 12.1 Å². The molecule has 0 amide bonds. The van der Waals surface area contributed by atoms with Crippen LogP contribution in [0.2, 0.25) is 0 Å². The molecule has 0 aliphatic heterocycles. The van der Waals surface area contributed by atoms with E-state index < -0.39 is 0 Å². The maximum atomic E-state index is 5.59. The molecule has 0 saturated carbocycles. The highest BCUT2D eigenvalue weighted by molar-refractivity contribution is 9.14. The highest BCUT2D eigenvalue weighted by atomic mass is 79.9. The topological polar surface area (TPSA) is 26.0 Å². The van der Waals surface area contributed by atoms with E-state index in [4.69, 9.17) is 5.73 Å². The molecule has 54 valence electrons. The summed E-state index contributed by atoms with van der Waals surface area (Å²) in [6.45, 7) is 0. The highest BCUT2D eigenvalue weighted by Gasteiger charge is 2.03. The van der Waals surface area contributed by atoms with Crippen molar-refractivity contribution in [2.75, 3.05) is 5.73 Å². The van der Waals surface area contributed by atoms with Crippen LogP contribution in [0.25, 0.3) is 0 Å². The fourth-order valence-electron chi connectivity index (χ4n) is 0.541. The molecule has 1 aromatic rings. The fourth-order valence-corrected chi connectivity index (χ4v) is 1.84. The SMILES string of the molecule is Nc1ccc(Br)c(Br)c1Br. The Labute approximate surface area is 84.4 Å². The smallest absolute Gasteiger partial charge is 0.0558 e.